The number of sulfonamides is 1. The van der Waals surface area contributed by atoms with Crippen LogP contribution in [-0.2, 0) is 10.0 Å². The Labute approximate surface area is 115 Å². The highest BCUT2D eigenvalue weighted by Crippen LogP contribution is 2.19. The molecule has 1 unspecified atom stereocenters. The maximum atomic E-state index is 12.5. The van der Waals surface area contributed by atoms with Crippen molar-refractivity contribution in [2.24, 2.45) is 5.73 Å². The Morgan fingerprint density at radius 3 is 2.06 bits per heavy atom. The summed E-state index contributed by atoms with van der Waals surface area (Å²) in [6.07, 6.45) is 1.74. The van der Waals surface area contributed by atoms with Crippen LogP contribution in [0.2, 0.25) is 0 Å². The molecule has 0 saturated carbocycles. The normalized spacial score (nSPS) is 14.1. The zero-order valence-corrected chi connectivity index (χ0v) is 12.9. The fourth-order valence-corrected chi connectivity index (χ4v) is 4.66. The van der Waals surface area contributed by atoms with E-state index in [0.717, 1.165) is 0 Å². The highest BCUT2D eigenvalue weighted by atomic mass is 32.2. The van der Waals surface area contributed by atoms with Crippen LogP contribution in [0.3, 0.4) is 0 Å². The van der Waals surface area contributed by atoms with Gasteiger partial charge in [-0.05, 0) is 19.3 Å². The summed E-state index contributed by atoms with van der Waals surface area (Å²) >= 11 is 4.84. The van der Waals surface area contributed by atoms with E-state index in [1.54, 1.807) is 6.92 Å². The van der Waals surface area contributed by atoms with Gasteiger partial charge in [-0.1, -0.05) is 33.0 Å². The van der Waals surface area contributed by atoms with Crippen molar-refractivity contribution in [1.82, 2.24) is 4.31 Å². The van der Waals surface area contributed by atoms with E-state index >= 15 is 0 Å². The molecular formula is C11H24N2O3S2. The van der Waals surface area contributed by atoms with Crippen molar-refractivity contribution in [2.75, 3.05) is 13.2 Å². The molecule has 7 heteroatoms. The molecule has 0 aliphatic rings. The lowest BCUT2D eigenvalue weighted by molar-refractivity contribution is 0.219. The number of aliphatic hydroxyl groups is 1. The molecule has 3 N–H and O–H groups in total. The Kier molecular flexibility index (Phi) is 7.93. The first-order chi connectivity index (χ1) is 8.36. The van der Waals surface area contributed by atoms with Crippen LogP contribution in [0.25, 0.3) is 0 Å². The van der Waals surface area contributed by atoms with Crippen LogP contribution < -0.4 is 5.73 Å². The average Bonchev–Trinajstić information content (AvgIpc) is 2.29. The minimum Gasteiger partial charge on any atom is -0.395 e. The van der Waals surface area contributed by atoms with Gasteiger partial charge in [0.1, 0.15) is 5.25 Å². The summed E-state index contributed by atoms with van der Waals surface area (Å²) in [7, 11) is -3.59. The highest BCUT2D eigenvalue weighted by Gasteiger charge is 2.35. The van der Waals surface area contributed by atoms with E-state index in [9.17, 15) is 8.42 Å². The summed E-state index contributed by atoms with van der Waals surface area (Å²) in [6, 6.07) is -0.120. The number of nitrogens with zero attached hydrogens (tertiary/aromatic N) is 1. The SMILES string of the molecule is CCC(CC)N(CCO)S(=O)(=O)C(CC)C(N)=S. The van der Waals surface area contributed by atoms with Crippen LogP contribution in [0.1, 0.15) is 40.0 Å². The molecule has 0 saturated heterocycles. The van der Waals surface area contributed by atoms with E-state index in [0.29, 0.717) is 19.3 Å². The zero-order chi connectivity index (χ0) is 14.3. The Balaban J connectivity index is 5.38. The van der Waals surface area contributed by atoms with Gasteiger partial charge < -0.3 is 10.8 Å². The summed E-state index contributed by atoms with van der Waals surface area (Å²) in [5.41, 5.74) is 5.51. The standard InChI is InChI=1S/C11H24N2O3S2/c1-4-9(5-2)13(7-8-14)18(15,16)10(6-3)11(12)17/h9-10,14H,4-8H2,1-3H3,(H2,12,17). The maximum Gasteiger partial charge on any atom is 0.223 e. The number of hydrogen-bond donors (Lipinski definition) is 2. The van der Waals surface area contributed by atoms with Gasteiger partial charge in [-0.2, -0.15) is 4.31 Å². The van der Waals surface area contributed by atoms with Gasteiger partial charge in [0.15, 0.2) is 0 Å². The summed E-state index contributed by atoms with van der Waals surface area (Å²) < 4.78 is 26.3. The van der Waals surface area contributed by atoms with Crippen molar-refractivity contribution in [3.8, 4) is 0 Å². The number of thiocarbonyl (C=S) groups is 1. The lowest BCUT2D eigenvalue weighted by Gasteiger charge is -2.32. The largest absolute Gasteiger partial charge is 0.395 e. The summed E-state index contributed by atoms with van der Waals surface area (Å²) in [5.74, 6) is 0. The smallest absolute Gasteiger partial charge is 0.223 e. The van der Waals surface area contributed by atoms with Crippen LogP contribution in [0.15, 0.2) is 0 Å². The number of nitrogens with two attached hydrogens (primary N) is 1. The van der Waals surface area contributed by atoms with Gasteiger partial charge in [-0.3, -0.25) is 0 Å². The molecule has 0 aromatic carbocycles. The quantitative estimate of drug-likeness (QED) is 0.617. The lowest BCUT2D eigenvalue weighted by Crippen LogP contribution is -2.49. The molecule has 0 aliphatic carbocycles. The molecule has 0 amide bonds. The summed E-state index contributed by atoms with van der Waals surface area (Å²) in [4.78, 5) is -0.00797. The first-order valence-corrected chi connectivity index (χ1v) is 8.18. The summed E-state index contributed by atoms with van der Waals surface area (Å²) in [5, 5.41) is 8.22. The van der Waals surface area contributed by atoms with E-state index in [-0.39, 0.29) is 24.2 Å². The topological polar surface area (TPSA) is 83.6 Å². The second-order valence-corrected chi connectivity index (χ2v) is 6.69. The van der Waals surface area contributed by atoms with E-state index < -0.39 is 15.3 Å². The minimum absolute atomic E-state index is 0.00797. The second kappa shape index (κ2) is 8.04. The molecule has 5 nitrogen and oxygen atoms in total. The van der Waals surface area contributed by atoms with Crippen molar-refractivity contribution < 1.29 is 13.5 Å². The molecule has 18 heavy (non-hydrogen) atoms. The maximum absolute atomic E-state index is 12.5. The number of rotatable bonds is 9. The van der Waals surface area contributed by atoms with Crippen LogP contribution in [0, 0.1) is 0 Å². The monoisotopic (exact) mass is 296 g/mol. The van der Waals surface area contributed by atoms with Gasteiger partial charge in [-0.15, -0.1) is 0 Å². The molecule has 0 radical (unpaired) electrons. The predicted octanol–water partition coefficient (Wildman–Crippen LogP) is 0.864. The zero-order valence-electron chi connectivity index (χ0n) is 11.3. The van der Waals surface area contributed by atoms with Crippen molar-refractivity contribution in [1.29, 1.82) is 0 Å². The van der Waals surface area contributed by atoms with E-state index in [1.807, 2.05) is 13.8 Å². The fourth-order valence-electron chi connectivity index (χ4n) is 2.03. The first-order valence-electron chi connectivity index (χ1n) is 6.27. The van der Waals surface area contributed by atoms with Crippen LogP contribution in [0.4, 0.5) is 0 Å². The van der Waals surface area contributed by atoms with Gasteiger partial charge in [0, 0.05) is 12.6 Å². The van der Waals surface area contributed by atoms with Gasteiger partial charge in [0.05, 0.1) is 11.6 Å². The molecule has 108 valence electrons. The van der Waals surface area contributed by atoms with Crippen molar-refractivity contribution >= 4 is 27.2 Å². The molecular weight excluding hydrogens is 272 g/mol. The second-order valence-electron chi connectivity index (χ2n) is 4.15. The van der Waals surface area contributed by atoms with E-state index in [2.05, 4.69) is 0 Å². The molecule has 0 spiro atoms. The van der Waals surface area contributed by atoms with Crippen molar-refractivity contribution in [3.63, 3.8) is 0 Å². The van der Waals surface area contributed by atoms with Gasteiger partial charge in [0.2, 0.25) is 10.0 Å². The molecule has 0 aromatic heterocycles. The van der Waals surface area contributed by atoms with Crippen LogP contribution in [0.5, 0.6) is 0 Å². The first kappa shape index (κ1) is 17.8. The molecule has 0 aliphatic heterocycles. The van der Waals surface area contributed by atoms with E-state index in [4.69, 9.17) is 23.1 Å². The van der Waals surface area contributed by atoms with Gasteiger partial charge >= 0.3 is 0 Å². The summed E-state index contributed by atoms with van der Waals surface area (Å²) in [6.45, 7) is 5.48. The Morgan fingerprint density at radius 1 is 1.28 bits per heavy atom. The molecule has 0 heterocycles. The third kappa shape index (κ3) is 4.15. The molecule has 0 bridgehead atoms. The highest BCUT2D eigenvalue weighted by molar-refractivity contribution is 7.92. The van der Waals surface area contributed by atoms with Crippen LogP contribution in [-0.4, -0.2) is 47.3 Å². The molecule has 0 rings (SSSR count). The lowest BCUT2D eigenvalue weighted by atomic mass is 10.2. The van der Waals surface area contributed by atoms with Crippen LogP contribution >= 0.6 is 12.2 Å². The predicted molar refractivity (Wildman–Crippen MR) is 77.9 cm³/mol. The van der Waals surface area contributed by atoms with E-state index in [1.165, 1.54) is 4.31 Å². The Morgan fingerprint density at radius 2 is 1.78 bits per heavy atom. The third-order valence-corrected chi connectivity index (χ3v) is 5.92. The van der Waals surface area contributed by atoms with Crippen molar-refractivity contribution in [3.05, 3.63) is 0 Å². The Hall–Kier alpha value is -0.240. The number of hydrogen-bond acceptors (Lipinski definition) is 4. The number of aliphatic hydroxyl groups excluding tert-OH is 1. The van der Waals surface area contributed by atoms with Crippen molar-refractivity contribution in [2.45, 2.75) is 51.3 Å². The minimum atomic E-state index is -3.59. The fraction of sp³-hybridized carbons (Fsp3) is 0.909. The third-order valence-electron chi connectivity index (χ3n) is 3.04. The molecule has 1 atom stereocenters. The van der Waals surface area contributed by atoms with Gasteiger partial charge in [0.25, 0.3) is 0 Å². The molecule has 0 fully saturated rings. The van der Waals surface area contributed by atoms with Gasteiger partial charge in [-0.25, -0.2) is 8.42 Å². The average molecular weight is 296 g/mol. The Bertz CT molecular complexity index is 353. The molecule has 0 aromatic rings.